The molecular weight excluding hydrogens is 270 g/mol. The van der Waals surface area contributed by atoms with Crippen molar-refractivity contribution in [3.05, 3.63) is 34.6 Å². The highest BCUT2D eigenvalue weighted by molar-refractivity contribution is 6.31. The molecule has 4 heteroatoms. The van der Waals surface area contributed by atoms with Gasteiger partial charge in [0.1, 0.15) is 17.3 Å². The Morgan fingerprint density at radius 1 is 1.35 bits per heavy atom. The topological polar surface area (TPSA) is 43.8 Å². The number of nitrogens with zero attached hydrogens (tertiary/aromatic N) is 2. The molecule has 106 valence electrons. The van der Waals surface area contributed by atoms with Crippen molar-refractivity contribution in [1.82, 2.24) is 9.55 Å². The highest BCUT2D eigenvalue weighted by atomic mass is 35.5. The van der Waals surface area contributed by atoms with Crippen LogP contribution in [0.4, 0.5) is 5.82 Å². The third-order valence-electron chi connectivity index (χ3n) is 3.85. The fourth-order valence-electron chi connectivity index (χ4n) is 2.54. The molecule has 1 aliphatic carbocycles. The number of nitrogen functional groups attached to an aromatic ring is 1. The second kappa shape index (κ2) is 4.81. The summed E-state index contributed by atoms with van der Waals surface area (Å²) < 4.78 is 2.22. The minimum atomic E-state index is 0.368. The summed E-state index contributed by atoms with van der Waals surface area (Å²) in [5.74, 6) is 2.22. The van der Waals surface area contributed by atoms with Crippen molar-refractivity contribution in [2.45, 2.75) is 45.6 Å². The van der Waals surface area contributed by atoms with Gasteiger partial charge in [-0.3, -0.25) is 0 Å². The van der Waals surface area contributed by atoms with Crippen LogP contribution in [0.3, 0.4) is 0 Å². The van der Waals surface area contributed by atoms with Gasteiger partial charge in [0.2, 0.25) is 0 Å². The van der Waals surface area contributed by atoms with E-state index in [0.29, 0.717) is 12.0 Å². The summed E-state index contributed by atoms with van der Waals surface area (Å²) in [7, 11) is 0. The molecule has 1 aromatic carbocycles. The van der Waals surface area contributed by atoms with Crippen molar-refractivity contribution < 1.29 is 0 Å². The van der Waals surface area contributed by atoms with E-state index in [0.717, 1.165) is 33.5 Å². The molecule has 0 amide bonds. The van der Waals surface area contributed by atoms with E-state index in [1.54, 1.807) is 0 Å². The molecule has 0 spiro atoms. The molecule has 20 heavy (non-hydrogen) atoms. The van der Waals surface area contributed by atoms with E-state index >= 15 is 0 Å². The Morgan fingerprint density at radius 3 is 2.60 bits per heavy atom. The van der Waals surface area contributed by atoms with E-state index in [4.69, 9.17) is 22.3 Å². The number of imidazole rings is 1. The van der Waals surface area contributed by atoms with Crippen LogP contribution in [-0.4, -0.2) is 9.55 Å². The number of anilines is 1. The number of hydrogen-bond donors (Lipinski definition) is 1. The Bertz CT molecular complexity index is 654. The second-order valence-electron chi connectivity index (χ2n) is 5.92. The zero-order valence-corrected chi connectivity index (χ0v) is 12.9. The number of nitrogens with two attached hydrogens (primary N) is 1. The molecule has 0 saturated heterocycles. The molecule has 1 saturated carbocycles. The van der Waals surface area contributed by atoms with Gasteiger partial charge in [0.05, 0.1) is 0 Å². The summed E-state index contributed by atoms with van der Waals surface area (Å²) in [6.45, 7) is 6.32. The number of aromatic nitrogens is 2. The predicted octanol–water partition coefficient (Wildman–Crippen LogP) is 4.55. The van der Waals surface area contributed by atoms with Gasteiger partial charge < -0.3 is 10.3 Å². The smallest absolute Gasteiger partial charge is 0.132 e. The van der Waals surface area contributed by atoms with Crippen LogP contribution in [0.25, 0.3) is 11.3 Å². The molecule has 1 aromatic heterocycles. The molecule has 0 aliphatic heterocycles. The Morgan fingerprint density at radius 2 is 2.05 bits per heavy atom. The standard InChI is InChI=1S/C16H20ClN3/c1-9(2)16-19-14(15(18)20(16)12-6-7-12)11-5-4-10(3)13(17)8-11/h4-5,8-9,12H,6-7,18H2,1-3H3. The monoisotopic (exact) mass is 289 g/mol. The van der Waals surface area contributed by atoms with Crippen molar-refractivity contribution in [2.24, 2.45) is 0 Å². The average Bonchev–Trinajstić information content (AvgIpc) is 3.16. The number of hydrogen-bond acceptors (Lipinski definition) is 2. The molecule has 1 aliphatic rings. The number of halogens is 1. The van der Waals surface area contributed by atoms with E-state index in [1.165, 1.54) is 12.8 Å². The molecule has 0 atom stereocenters. The summed E-state index contributed by atoms with van der Waals surface area (Å²) in [4.78, 5) is 4.79. The number of rotatable bonds is 3. The fraction of sp³-hybridized carbons (Fsp3) is 0.438. The van der Waals surface area contributed by atoms with Gasteiger partial charge >= 0.3 is 0 Å². The maximum absolute atomic E-state index is 6.36. The van der Waals surface area contributed by atoms with Gasteiger partial charge in [-0.15, -0.1) is 0 Å². The van der Waals surface area contributed by atoms with E-state index in [9.17, 15) is 0 Å². The maximum atomic E-state index is 6.36. The normalized spacial score (nSPS) is 15.1. The molecule has 1 fully saturated rings. The summed E-state index contributed by atoms with van der Waals surface area (Å²) >= 11 is 6.22. The molecular formula is C16H20ClN3. The zero-order valence-electron chi connectivity index (χ0n) is 12.2. The number of benzene rings is 1. The lowest BCUT2D eigenvalue weighted by atomic mass is 10.1. The van der Waals surface area contributed by atoms with Gasteiger partial charge in [-0.05, 0) is 31.4 Å². The Balaban J connectivity index is 2.13. The lowest BCUT2D eigenvalue weighted by Gasteiger charge is -2.10. The first-order valence-corrected chi connectivity index (χ1v) is 7.51. The molecule has 2 aromatic rings. The van der Waals surface area contributed by atoms with Crippen molar-refractivity contribution >= 4 is 17.4 Å². The minimum Gasteiger partial charge on any atom is -0.383 e. The van der Waals surface area contributed by atoms with Gasteiger partial charge in [0.25, 0.3) is 0 Å². The Hall–Kier alpha value is -1.48. The highest BCUT2D eigenvalue weighted by Crippen LogP contribution is 2.42. The van der Waals surface area contributed by atoms with Gasteiger partial charge in [-0.1, -0.05) is 37.6 Å². The molecule has 3 nitrogen and oxygen atoms in total. The minimum absolute atomic E-state index is 0.368. The van der Waals surface area contributed by atoms with Crippen LogP contribution in [0.5, 0.6) is 0 Å². The Labute approximate surface area is 124 Å². The largest absolute Gasteiger partial charge is 0.383 e. The quantitative estimate of drug-likeness (QED) is 0.900. The summed E-state index contributed by atoms with van der Waals surface area (Å²) in [6, 6.07) is 6.55. The first kappa shape index (κ1) is 13.5. The van der Waals surface area contributed by atoms with Crippen LogP contribution in [0.15, 0.2) is 18.2 Å². The van der Waals surface area contributed by atoms with Crippen LogP contribution in [0, 0.1) is 6.92 Å². The van der Waals surface area contributed by atoms with Gasteiger partial charge in [0.15, 0.2) is 0 Å². The van der Waals surface area contributed by atoms with E-state index in [1.807, 2.05) is 25.1 Å². The maximum Gasteiger partial charge on any atom is 0.132 e. The third-order valence-corrected chi connectivity index (χ3v) is 4.26. The van der Waals surface area contributed by atoms with Gasteiger partial charge in [0, 0.05) is 22.5 Å². The molecule has 0 bridgehead atoms. The summed E-state index contributed by atoms with van der Waals surface area (Å²) in [5.41, 5.74) is 9.29. The molecule has 0 radical (unpaired) electrons. The van der Waals surface area contributed by atoms with Crippen molar-refractivity contribution in [3.8, 4) is 11.3 Å². The Kier molecular flexibility index (Phi) is 3.25. The fourth-order valence-corrected chi connectivity index (χ4v) is 2.72. The van der Waals surface area contributed by atoms with Crippen LogP contribution in [-0.2, 0) is 0 Å². The van der Waals surface area contributed by atoms with Crippen molar-refractivity contribution in [1.29, 1.82) is 0 Å². The van der Waals surface area contributed by atoms with Crippen LogP contribution < -0.4 is 5.73 Å². The molecule has 3 rings (SSSR count). The first-order chi connectivity index (χ1) is 9.49. The predicted molar refractivity (Wildman–Crippen MR) is 84.2 cm³/mol. The SMILES string of the molecule is Cc1ccc(-c2nc(C(C)C)n(C3CC3)c2N)cc1Cl. The lowest BCUT2D eigenvalue weighted by Crippen LogP contribution is -2.06. The van der Waals surface area contributed by atoms with Crippen molar-refractivity contribution in [3.63, 3.8) is 0 Å². The molecule has 1 heterocycles. The zero-order chi connectivity index (χ0) is 14.4. The number of aryl methyl sites for hydroxylation is 1. The van der Waals surface area contributed by atoms with E-state index in [-0.39, 0.29) is 0 Å². The van der Waals surface area contributed by atoms with E-state index < -0.39 is 0 Å². The van der Waals surface area contributed by atoms with Gasteiger partial charge in [-0.2, -0.15) is 0 Å². The molecule has 2 N–H and O–H groups in total. The van der Waals surface area contributed by atoms with Gasteiger partial charge in [-0.25, -0.2) is 4.98 Å². The highest BCUT2D eigenvalue weighted by Gasteiger charge is 2.30. The lowest BCUT2D eigenvalue weighted by molar-refractivity contribution is 0.646. The summed E-state index contributed by atoms with van der Waals surface area (Å²) in [5, 5.41) is 0.758. The van der Waals surface area contributed by atoms with E-state index in [2.05, 4.69) is 18.4 Å². The van der Waals surface area contributed by atoms with Crippen LogP contribution in [0.1, 0.15) is 50.0 Å². The summed E-state index contributed by atoms with van der Waals surface area (Å²) in [6.07, 6.45) is 2.41. The third kappa shape index (κ3) is 2.20. The first-order valence-electron chi connectivity index (χ1n) is 7.13. The van der Waals surface area contributed by atoms with Crippen LogP contribution in [0.2, 0.25) is 5.02 Å². The average molecular weight is 290 g/mol. The van der Waals surface area contributed by atoms with Crippen LogP contribution >= 0.6 is 11.6 Å². The van der Waals surface area contributed by atoms with Crippen molar-refractivity contribution in [2.75, 3.05) is 5.73 Å². The second-order valence-corrected chi connectivity index (χ2v) is 6.33. The molecule has 0 unspecified atom stereocenters.